The highest BCUT2D eigenvalue weighted by Crippen LogP contribution is 2.29. The Bertz CT molecular complexity index is 789. The maximum absolute atomic E-state index is 13.7. The lowest BCUT2D eigenvalue weighted by molar-refractivity contribution is 0.581. The lowest BCUT2D eigenvalue weighted by Gasteiger charge is -2.11. The zero-order valence-corrected chi connectivity index (χ0v) is 14.0. The van der Waals surface area contributed by atoms with E-state index < -0.39 is 33.2 Å². The first-order valence-corrected chi connectivity index (χ1v) is 8.40. The summed E-state index contributed by atoms with van der Waals surface area (Å²) in [6, 6.07) is 4.67. The number of benzene rings is 2. The minimum Gasteiger partial charge on any atom is -0.274 e. The molecule has 2 rings (SSSR count). The summed E-state index contributed by atoms with van der Waals surface area (Å²) >= 11 is 5.78. The molecule has 0 atom stereocenters. The Morgan fingerprint density at radius 3 is 2.05 bits per heavy atom. The number of sulfonamides is 1. The Balaban J connectivity index is 2.47. The summed E-state index contributed by atoms with van der Waals surface area (Å²) in [6.07, 6.45) is 0. The van der Waals surface area contributed by atoms with Crippen molar-refractivity contribution in [3.63, 3.8) is 0 Å². The molecule has 0 bridgehead atoms. The summed E-state index contributed by atoms with van der Waals surface area (Å²) in [5, 5.41) is 0. The van der Waals surface area contributed by atoms with Gasteiger partial charge in [0.1, 0.15) is 16.4 Å². The van der Waals surface area contributed by atoms with E-state index in [1.54, 1.807) is 0 Å². The fraction of sp³-hybridized carbons (Fsp3) is 0. The van der Waals surface area contributed by atoms with Gasteiger partial charge >= 0.3 is 0 Å². The van der Waals surface area contributed by atoms with Crippen molar-refractivity contribution in [2.24, 2.45) is 0 Å². The van der Waals surface area contributed by atoms with Crippen LogP contribution in [0.15, 0.2) is 44.2 Å². The molecule has 0 saturated carbocycles. The smallest absolute Gasteiger partial charge is 0.263 e. The summed E-state index contributed by atoms with van der Waals surface area (Å²) in [4.78, 5) is -0.342. The number of hydrogen-bond acceptors (Lipinski definition) is 2. The van der Waals surface area contributed by atoms with Crippen LogP contribution in [0.3, 0.4) is 0 Å². The van der Waals surface area contributed by atoms with Gasteiger partial charge in [-0.15, -0.1) is 0 Å². The largest absolute Gasteiger partial charge is 0.274 e. The molecule has 1 N–H and O–H groups in total. The second kappa shape index (κ2) is 5.98. The van der Waals surface area contributed by atoms with Gasteiger partial charge in [0.2, 0.25) is 0 Å². The summed E-state index contributed by atoms with van der Waals surface area (Å²) < 4.78 is 66.4. The Hall–Kier alpha value is -1.06. The van der Waals surface area contributed by atoms with E-state index in [9.17, 15) is 21.6 Å². The van der Waals surface area contributed by atoms with E-state index in [0.717, 1.165) is 30.3 Å². The van der Waals surface area contributed by atoms with Crippen molar-refractivity contribution in [2.75, 3.05) is 4.72 Å². The van der Waals surface area contributed by atoms with Crippen molar-refractivity contribution in [3.8, 4) is 0 Å². The van der Waals surface area contributed by atoms with Crippen LogP contribution in [0.1, 0.15) is 0 Å². The fourth-order valence-electron chi connectivity index (χ4n) is 1.52. The number of hydrogen-bond donors (Lipinski definition) is 1. The second-order valence-corrected chi connectivity index (χ2v) is 7.35. The number of anilines is 1. The van der Waals surface area contributed by atoms with E-state index in [1.165, 1.54) is 0 Å². The predicted molar refractivity (Wildman–Crippen MR) is 79.0 cm³/mol. The van der Waals surface area contributed by atoms with Crippen LogP contribution >= 0.6 is 31.9 Å². The molecule has 0 aliphatic rings. The van der Waals surface area contributed by atoms with Crippen molar-refractivity contribution >= 4 is 47.6 Å². The first kappa shape index (κ1) is 16.3. The Kier molecular flexibility index (Phi) is 4.64. The van der Waals surface area contributed by atoms with Crippen molar-refractivity contribution < 1.29 is 21.6 Å². The van der Waals surface area contributed by atoms with Gasteiger partial charge in [-0.05, 0) is 46.3 Å². The van der Waals surface area contributed by atoms with E-state index in [2.05, 4.69) is 31.9 Å². The fourth-order valence-corrected chi connectivity index (χ4v) is 4.05. The van der Waals surface area contributed by atoms with Gasteiger partial charge in [-0.3, -0.25) is 4.72 Å². The molecule has 0 aliphatic carbocycles. The lowest BCUT2D eigenvalue weighted by atomic mass is 10.3. The maximum atomic E-state index is 13.7. The molecule has 3 nitrogen and oxygen atoms in total. The van der Waals surface area contributed by atoms with E-state index in [4.69, 9.17) is 0 Å². The molecule has 0 aromatic heterocycles. The summed E-state index contributed by atoms with van der Waals surface area (Å²) in [6.45, 7) is 0. The molecule has 0 heterocycles. The third-order valence-electron chi connectivity index (χ3n) is 2.43. The maximum Gasteiger partial charge on any atom is 0.263 e. The monoisotopic (exact) mass is 443 g/mol. The number of nitrogens with one attached hydrogen (secondary N) is 1. The molecule has 9 heteroatoms. The van der Waals surface area contributed by atoms with Gasteiger partial charge in [0, 0.05) is 8.95 Å². The Morgan fingerprint density at radius 1 is 0.952 bits per heavy atom. The van der Waals surface area contributed by atoms with E-state index in [0.29, 0.717) is 0 Å². The summed E-state index contributed by atoms with van der Waals surface area (Å²) in [5.74, 6) is -2.81. The van der Waals surface area contributed by atoms with Crippen LogP contribution in [0.2, 0.25) is 0 Å². The minimum absolute atomic E-state index is 0.0621. The highest BCUT2D eigenvalue weighted by Gasteiger charge is 2.22. The molecule has 0 saturated heterocycles. The van der Waals surface area contributed by atoms with Crippen LogP contribution in [-0.4, -0.2) is 8.42 Å². The minimum atomic E-state index is -4.28. The molecule has 0 radical (unpaired) electrons. The van der Waals surface area contributed by atoms with Gasteiger partial charge < -0.3 is 0 Å². The number of halogens is 5. The first-order chi connectivity index (χ1) is 9.70. The van der Waals surface area contributed by atoms with Crippen molar-refractivity contribution in [1.82, 2.24) is 0 Å². The Labute approximate surface area is 135 Å². The molecule has 2 aromatic rings. The van der Waals surface area contributed by atoms with Gasteiger partial charge in [0.05, 0.1) is 0 Å². The lowest BCUT2D eigenvalue weighted by Crippen LogP contribution is -2.16. The highest BCUT2D eigenvalue weighted by atomic mass is 79.9. The van der Waals surface area contributed by atoms with Crippen LogP contribution in [0.4, 0.5) is 18.9 Å². The van der Waals surface area contributed by atoms with Gasteiger partial charge in [-0.2, -0.15) is 0 Å². The second-order valence-electron chi connectivity index (χ2n) is 3.92. The average Bonchev–Trinajstić information content (AvgIpc) is 2.33. The van der Waals surface area contributed by atoms with Crippen molar-refractivity contribution in [2.45, 2.75) is 4.90 Å². The number of rotatable bonds is 3. The van der Waals surface area contributed by atoms with Crippen LogP contribution in [0, 0.1) is 17.5 Å². The molecule has 0 aliphatic heterocycles. The molecule has 112 valence electrons. The van der Waals surface area contributed by atoms with E-state index in [1.807, 2.05) is 4.72 Å². The zero-order chi connectivity index (χ0) is 15.8. The van der Waals surface area contributed by atoms with Crippen molar-refractivity contribution in [1.29, 1.82) is 0 Å². The molecular formula is C12H6Br2F3NO2S. The average molecular weight is 445 g/mol. The first-order valence-electron chi connectivity index (χ1n) is 5.33. The van der Waals surface area contributed by atoms with Gasteiger partial charge in [0.25, 0.3) is 10.0 Å². The van der Waals surface area contributed by atoms with Crippen LogP contribution < -0.4 is 4.72 Å². The molecule has 0 spiro atoms. The highest BCUT2D eigenvalue weighted by molar-refractivity contribution is 9.10. The standard InChI is InChI=1S/C12H6Br2F3NO2S/c13-6-3-9(16)12(10(17)4-6)18-21(19,20)11-2-1-7(15)5-8(11)14/h1-5,18H. The predicted octanol–water partition coefficient (Wildman–Crippen LogP) is 4.43. The van der Waals surface area contributed by atoms with Crippen LogP contribution in [0.5, 0.6) is 0 Å². The van der Waals surface area contributed by atoms with Crippen LogP contribution in [0.25, 0.3) is 0 Å². The quantitative estimate of drug-likeness (QED) is 0.761. The van der Waals surface area contributed by atoms with Gasteiger partial charge in [0.15, 0.2) is 11.6 Å². The molecule has 21 heavy (non-hydrogen) atoms. The van der Waals surface area contributed by atoms with Crippen molar-refractivity contribution in [3.05, 3.63) is 56.7 Å². The van der Waals surface area contributed by atoms with E-state index in [-0.39, 0.29) is 13.8 Å². The van der Waals surface area contributed by atoms with Crippen LogP contribution in [-0.2, 0) is 10.0 Å². The zero-order valence-electron chi connectivity index (χ0n) is 10.0. The normalized spacial score (nSPS) is 11.5. The SMILES string of the molecule is O=S(=O)(Nc1c(F)cc(Br)cc1F)c1ccc(F)cc1Br. The van der Waals surface area contributed by atoms with E-state index >= 15 is 0 Å². The summed E-state index contributed by atoms with van der Waals surface area (Å²) in [5.41, 5.74) is -0.811. The Morgan fingerprint density at radius 2 is 1.52 bits per heavy atom. The molecule has 0 unspecified atom stereocenters. The topological polar surface area (TPSA) is 46.2 Å². The molecule has 2 aromatic carbocycles. The molecule has 0 amide bonds. The third-order valence-corrected chi connectivity index (χ3v) is 5.21. The third kappa shape index (κ3) is 3.58. The molecular weight excluding hydrogens is 439 g/mol. The summed E-state index contributed by atoms with van der Waals surface area (Å²) in [7, 11) is -4.28. The molecule has 0 fully saturated rings. The van der Waals surface area contributed by atoms with Gasteiger partial charge in [-0.1, -0.05) is 15.9 Å². The van der Waals surface area contributed by atoms with Gasteiger partial charge in [-0.25, -0.2) is 21.6 Å².